The smallest absolute Gasteiger partial charge is 0.227 e. The van der Waals surface area contributed by atoms with Gasteiger partial charge in [0.25, 0.3) is 0 Å². The molecule has 1 atom stereocenters. The van der Waals surface area contributed by atoms with Gasteiger partial charge in [0.15, 0.2) is 0 Å². The molecule has 2 aromatic carbocycles. The third-order valence-electron chi connectivity index (χ3n) is 6.24. The fourth-order valence-corrected chi connectivity index (χ4v) is 4.36. The van der Waals surface area contributed by atoms with Crippen molar-refractivity contribution in [3.63, 3.8) is 0 Å². The summed E-state index contributed by atoms with van der Waals surface area (Å²) in [6.07, 6.45) is 4.94. The summed E-state index contributed by atoms with van der Waals surface area (Å²) >= 11 is 0. The van der Waals surface area contributed by atoms with E-state index in [-0.39, 0.29) is 11.8 Å². The third-order valence-corrected chi connectivity index (χ3v) is 6.24. The van der Waals surface area contributed by atoms with Crippen LogP contribution in [-0.4, -0.2) is 34.8 Å². The lowest BCUT2D eigenvalue weighted by atomic mass is 9.78. The van der Waals surface area contributed by atoms with E-state index in [0.29, 0.717) is 32.4 Å². The summed E-state index contributed by atoms with van der Waals surface area (Å²) in [4.78, 5) is 31.4. The molecule has 5 heteroatoms. The summed E-state index contributed by atoms with van der Waals surface area (Å²) in [6.45, 7) is 2.93. The normalized spacial score (nSPS) is 18.2. The molecule has 4 rings (SSSR count). The highest BCUT2D eigenvalue weighted by Gasteiger charge is 2.45. The number of aromatic nitrogens is 1. The molecule has 2 N–H and O–H groups in total. The molecule has 5 nitrogen and oxygen atoms in total. The molecule has 2 amide bonds. The molecule has 1 fully saturated rings. The summed E-state index contributed by atoms with van der Waals surface area (Å²) in [5.74, 6) is -0.308. The molecule has 0 radical (unpaired) electrons. The van der Waals surface area contributed by atoms with Crippen molar-refractivity contribution < 1.29 is 9.59 Å². The van der Waals surface area contributed by atoms with Gasteiger partial charge in [0, 0.05) is 25.5 Å². The van der Waals surface area contributed by atoms with E-state index in [1.54, 1.807) is 17.3 Å². The predicted molar refractivity (Wildman–Crippen MR) is 121 cm³/mol. The number of carbonyl (C=O) groups excluding carboxylic acids is 2. The molecule has 0 bridgehead atoms. The van der Waals surface area contributed by atoms with E-state index in [0.717, 1.165) is 27.8 Å². The number of amides is 2. The number of hydrogen-bond acceptors (Lipinski definition) is 3. The van der Waals surface area contributed by atoms with Gasteiger partial charge in [0.2, 0.25) is 11.8 Å². The Morgan fingerprint density at radius 1 is 1.03 bits per heavy atom. The van der Waals surface area contributed by atoms with Gasteiger partial charge in [-0.05, 0) is 54.2 Å². The van der Waals surface area contributed by atoms with Crippen LogP contribution in [0, 0.1) is 12.3 Å². The fraction of sp³-hybridized carbons (Fsp3) is 0.269. The SMILES string of the molecule is Cc1ccc(CC(=O)N2CC[C@](Cc3ccccc3-c3ccncc3)(C(N)=O)C2)cc1. The largest absolute Gasteiger partial charge is 0.369 e. The molecule has 1 aromatic heterocycles. The van der Waals surface area contributed by atoms with Crippen LogP contribution in [0.2, 0.25) is 0 Å². The van der Waals surface area contributed by atoms with Crippen LogP contribution < -0.4 is 5.73 Å². The molecule has 1 aliphatic heterocycles. The lowest BCUT2D eigenvalue weighted by Gasteiger charge is -2.27. The van der Waals surface area contributed by atoms with Crippen molar-refractivity contribution >= 4 is 11.8 Å². The van der Waals surface area contributed by atoms with Gasteiger partial charge in [-0.25, -0.2) is 0 Å². The number of carbonyl (C=O) groups is 2. The Bertz CT molecular complexity index is 1080. The minimum Gasteiger partial charge on any atom is -0.369 e. The zero-order chi connectivity index (χ0) is 21.8. The first-order chi connectivity index (χ1) is 15.0. The lowest BCUT2D eigenvalue weighted by molar-refractivity contribution is -0.131. The Hall–Kier alpha value is -3.47. The van der Waals surface area contributed by atoms with Gasteiger partial charge in [0.05, 0.1) is 11.8 Å². The van der Waals surface area contributed by atoms with Gasteiger partial charge in [-0.2, -0.15) is 0 Å². The molecule has 1 aliphatic rings. The maximum atomic E-state index is 12.9. The van der Waals surface area contributed by atoms with E-state index < -0.39 is 5.41 Å². The molecule has 3 aromatic rings. The quantitative estimate of drug-likeness (QED) is 0.671. The van der Waals surface area contributed by atoms with Crippen LogP contribution in [0.3, 0.4) is 0 Å². The average molecular weight is 414 g/mol. The van der Waals surface area contributed by atoms with E-state index in [4.69, 9.17) is 5.73 Å². The molecular formula is C26H27N3O2. The highest BCUT2D eigenvalue weighted by Crippen LogP contribution is 2.37. The fourth-order valence-electron chi connectivity index (χ4n) is 4.36. The maximum Gasteiger partial charge on any atom is 0.227 e. The summed E-state index contributed by atoms with van der Waals surface area (Å²) in [6, 6.07) is 20.0. The number of primary amides is 1. The average Bonchev–Trinajstić information content (AvgIpc) is 3.22. The second-order valence-electron chi connectivity index (χ2n) is 8.44. The number of nitrogens with zero attached hydrogens (tertiary/aromatic N) is 2. The van der Waals surface area contributed by atoms with Crippen LogP contribution in [0.1, 0.15) is 23.1 Å². The molecule has 0 unspecified atom stereocenters. The van der Waals surface area contributed by atoms with Crippen LogP contribution in [0.15, 0.2) is 73.1 Å². The van der Waals surface area contributed by atoms with E-state index >= 15 is 0 Å². The van der Waals surface area contributed by atoms with Crippen LogP contribution in [-0.2, 0) is 22.4 Å². The van der Waals surface area contributed by atoms with Crippen molar-refractivity contribution in [1.82, 2.24) is 9.88 Å². The molecular weight excluding hydrogens is 386 g/mol. The van der Waals surface area contributed by atoms with Crippen molar-refractivity contribution in [2.45, 2.75) is 26.2 Å². The number of rotatable bonds is 6. The lowest BCUT2D eigenvalue weighted by Crippen LogP contribution is -2.42. The Balaban J connectivity index is 1.54. The first-order valence-electron chi connectivity index (χ1n) is 10.6. The second kappa shape index (κ2) is 8.72. The first-order valence-corrected chi connectivity index (χ1v) is 10.6. The van der Waals surface area contributed by atoms with Crippen molar-refractivity contribution in [1.29, 1.82) is 0 Å². The summed E-state index contributed by atoms with van der Waals surface area (Å²) < 4.78 is 0. The Morgan fingerprint density at radius 3 is 2.45 bits per heavy atom. The third kappa shape index (κ3) is 4.50. The van der Waals surface area contributed by atoms with Gasteiger partial charge in [-0.1, -0.05) is 54.1 Å². The van der Waals surface area contributed by atoms with Gasteiger partial charge < -0.3 is 10.6 Å². The number of likely N-dealkylation sites (tertiary alicyclic amines) is 1. The van der Waals surface area contributed by atoms with Crippen molar-refractivity contribution in [2.75, 3.05) is 13.1 Å². The van der Waals surface area contributed by atoms with E-state index in [1.807, 2.05) is 61.5 Å². The maximum absolute atomic E-state index is 12.9. The first kappa shape index (κ1) is 20.8. The number of aryl methyl sites for hydroxylation is 1. The van der Waals surface area contributed by atoms with Gasteiger partial charge in [-0.15, -0.1) is 0 Å². The minimum atomic E-state index is -0.758. The Labute approximate surface area is 182 Å². The van der Waals surface area contributed by atoms with Crippen LogP contribution in [0.25, 0.3) is 11.1 Å². The molecule has 158 valence electrons. The standard InChI is InChI=1S/C26H27N3O2/c1-19-6-8-20(9-7-19)16-24(30)29-15-12-26(18-29,25(27)31)17-22-4-2-3-5-23(22)21-10-13-28-14-11-21/h2-11,13-14H,12,15-18H2,1H3,(H2,27,31)/t26-/m1/s1. The molecule has 0 saturated carbocycles. The monoisotopic (exact) mass is 413 g/mol. The van der Waals surface area contributed by atoms with Crippen molar-refractivity contribution in [3.8, 4) is 11.1 Å². The Morgan fingerprint density at radius 2 is 1.74 bits per heavy atom. The van der Waals surface area contributed by atoms with E-state index in [2.05, 4.69) is 11.1 Å². The number of nitrogens with two attached hydrogens (primary N) is 1. The molecule has 0 spiro atoms. The van der Waals surface area contributed by atoms with E-state index in [9.17, 15) is 9.59 Å². The molecule has 2 heterocycles. The van der Waals surface area contributed by atoms with Gasteiger partial charge in [0.1, 0.15) is 0 Å². The molecule has 1 saturated heterocycles. The van der Waals surface area contributed by atoms with E-state index in [1.165, 1.54) is 0 Å². The van der Waals surface area contributed by atoms with Crippen LogP contribution in [0.4, 0.5) is 0 Å². The highest BCUT2D eigenvalue weighted by atomic mass is 16.2. The van der Waals surface area contributed by atoms with Crippen molar-refractivity contribution in [3.05, 3.63) is 89.7 Å². The van der Waals surface area contributed by atoms with Gasteiger partial charge in [-0.3, -0.25) is 14.6 Å². The van der Waals surface area contributed by atoms with Gasteiger partial charge >= 0.3 is 0 Å². The topological polar surface area (TPSA) is 76.3 Å². The van der Waals surface area contributed by atoms with Crippen LogP contribution >= 0.6 is 0 Å². The minimum absolute atomic E-state index is 0.0365. The second-order valence-corrected chi connectivity index (χ2v) is 8.44. The van der Waals surface area contributed by atoms with Crippen molar-refractivity contribution in [2.24, 2.45) is 11.1 Å². The predicted octanol–water partition coefficient (Wildman–Crippen LogP) is 3.55. The summed E-state index contributed by atoms with van der Waals surface area (Å²) in [5, 5.41) is 0. The number of hydrogen-bond donors (Lipinski definition) is 1. The highest BCUT2D eigenvalue weighted by molar-refractivity contribution is 5.85. The summed E-state index contributed by atoms with van der Waals surface area (Å²) in [5.41, 5.74) is 10.5. The number of pyridine rings is 1. The molecule has 0 aliphatic carbocycles. The zero-order valence-corrected chi connectivity index (χ0v) is 17.8. The zero-order valence-electron chi connectivity index (χ0n) is 17.8. The molecule has 31 heavy (non-hydrogen) atoms. The Kier molecular flexibility index (Phi) is 5.85. The number of benzene rings is 2. The summed E-state index contributed by atoms with van der Waals surface area (Å²) in [7, 11) is 0. The van der Waals surface area contributed by atoms with Crippen LogP contribution in [0.5, 0.6) is 0 Å².